The van der Waals surface area contributed by atoms with Crippen LogP contribution in [0.4, 0.5) is 4.79 Å². The smallest absolute Gasteiger partial charge is 0.325 e. The van der Waals surface area contributed by atoms with E-state index in [9.17, 15) is 14.4 Å². The molecule has 2 aromatic carbocycles. The van der Waals surface area contributed by atoms with Gasteiger partial charge in [-0.3, -0.25) is 14.5 Å². The largest absolute Gasteiger partial charge is 0.340 e. The molecule has 0 aromatic heterocycles. The Balaban J connectivity index is 1.70. The molecule has 1 N–H and O–H groups in total. The summed E-state index contributed by atoms with van der Waals surface area (Å²) in [5.74, 6) is -0.702. The molecule has 0 bridgehead atoms. The van der Waals surface area contributed by atoms with Gasteiger partial charge in [-0.2, -0.15) is 0 Å². The molecule has 1 aliphatic rings. The average Bonchev–Trinajstić information content (AvgIpc) is 2.93. The number of hydrogen-bond donors (Lipinski definition) is 1. The molecule has 152 valence electrons. The van der Waals surface area contributed by atoms with E-state index in [0.29, 0.717) is 12.1 Å². The van der Waals surface area contributed by atoms with Crippen molar-refractivity contribution in [3.63, 3.8) is 0 Å². The predicted molar refractivity (Wildman–Crippen MR) is 111 cm³/mol. The minimum absolute atomic E-state index is 0.280. The van der Waals surface area contributed by atoms with Crippen LogP contribution in [0.3, 0.4) is 0 Å². The number of hydrogen-bond acceptors (Lipinski definition) is 3. The highest BCUT2D eigenvalue weighted by Gasteiger charge is 2.49. The number of imide groups is 1. The van der Waals surface area contributed by atoms with Gasteiger partial charge >= 0.3 is 6.03 Å². The Kier molecular flexibility index (Phi) is 6.01. The lowest BCUT2D eigenvalue weighted by molar-refractivity contribution is -0.138. The zero-order chi connectivity index (χ0) is 21.0. The van der Waals surface area contributed by atoms with Crippen molar-refractivity contribution in [1.82, 2.24) is 15.1 Å². The summed E-state index contributed by atoms with van der Waals surface area (Å²) in [5.41, 5.74) is 1.71. The number of rotatable bonds is 7. The van der Waals surface area contributed by atoms with Gasteiger partial charge in [-0.25, -0.2) is 4.79 Å². The van der Waals surface area contributed by atoms with Crippen LogP contribution in [-0.2, 0) is 28.1 Å². The van der Waals surface area contributed by atoms with E-state index in [0.717, 1.165) is 23.3 Å². The third kappa shape index (κ3) is 4.31. The minimum Gasteiger partial charge on any atom is -0.340 e. The van der Waals surface area contributed by atoms with Crippen molar-refractivity contribution >= 4 is 17.8 Å². The average molecular weight is 393 g/mol. The van der Waals surface area contributed by atoms with Crippen molar-refractivity contribution in [2.75, 3.05) is 13.6 Å². The van der Waals surface area contributed by atoms with Gasteiger partial charge in [-0.05, 0) is 30.0 Å². The first kappa shape index (κ1) is 20.6. The van der Waals surface area contributed by atoms with Gasteiger partial charge in [0, 0.05) is 13.6 Å². The Morgan fingerprint density at radius 3 is 2.31 bits per heavy atom. The van der Waals surface area contributed by atoms with E-state index >= 15 is 0 Å². The molecule has 0 aliphatic carbocycles. The minimum atomic E-state index is -1.17. The Bertz CT molecular complexity index is 895. The number of urea groups is 1. The van der Waals surface area contributed by atoms with Crippen molar-refractivity contribution in [3.05, 3.63) is 71.3 Å². The van der Waals surface area contributed by atoms with Crippen LogP contribution >= 0.6 is 0 Å². The lowest BCUT2D eigenvalue weighted by atomic mass is 9.91. The molecule has 1 heterocycles. The molecule has 3 rings (SSSR count). The molecule has 29 heavy (non-hydrogen) atoms. The first-order chi connectivity index (χ1) is 13.8. The fourth-order valence-corrected chi connectivity index (χ4v) is 3.53. The maximum atomic E-state index is 13.0. The van der Waals surface area contributed by atoms with Crippen LogP contribution in [-0.4, -0.2) is 41.2 Å². The van der Waals surface area contributed by atoms with Crippen LogP contribution in [0.1, 0.15) is 37.0 Å². The molecule has 4 amide bonds. The molecule has 1 atom stereocenters. The van der Waals surface area contributed by atoms with Gasteiger partial charge in [0.25, 0.3) is 5.91 Å². The molecule has 0 radical (unpaired) electrons. The summed E-state index contributed by atoms with van der Waals surface area (Å²) in [6.07, 6.45) is 2.00. The highest BCUT2D eigenvalue weighted by atomic mass is 16.2. The topological polar surface area (TPSA) is 69.7 Å². The van der Waals surface area contributed by atoms with Crippen LogP contribution in [0.5, 0.6) is 0 Å². The van der Waals surface area contributed by atoms with Crippen molar-refractivity contribution < 1.29 is 14.4 Å². The first-order valence-corrected chi connectivity index (χ1v) is 9.86. The van der Waals surface area contributed by atoms with Crippen LogP contribution < -0.4 is 5.32 Å². The number of nitrogens with one attached hydrogen (secondary N) is 1. The highest BCUT2D eigenvalue weighted by molar-refractivity contribution is 6.09. The second kappa shape index (κ2) is 8.47. The number of nitrogens with zero attached hydrogens (tertiary/aromatic N) is 2. The van der Waals surface area contributed by atoms with E-state index in [4.69, 9.17) is 0 Å². The Morgan fingerprint density at radius 1 is 1.03 bits per heavy atom. The Labute approximate surface area is 171 Å². The summed E-state index contributed by atoms with van der Waals surface area (Å²) in [6, 6.07) is 16.7. The molecular formula is C23H27N3O3. The summed E-state index contributed by atoms with van der Waals surface area (Å²) in [5, 5.41) is 2.76. The van der Waals surface area contributed by atoms with Crippen molar-refractivity contribution in [3.8, 4) is 0 Å². The van der Waals surface area contributed by atoms with E-state index in [2.05, 4.69) is 12.2 Å². The quantitative estimate of drug-likeness (QED) is 0.735. The molecule has 0 unspecified atom stereocenters. The summed E-state index contributed by atoms with van der Waals surface area (Å²) < 4.78 is 0. The van der Waals surface area contributed by atoms with Gasteiger partial charge < -0.3 is 10.2 Å². The number of carbonyl (C=O) groups is 3. The van der Waals surface area contributed by atoms with Crippen LogP contribution in [0.25, 0.3) is 0 Å². The number of carbonyl (C=O) groups excluding carboxylic acids is 3. The first-order valence-electron chi connectivity index (χ1n) is 9.86. The Hall–Kier alpha value is -3.15. The lowest BCUT2D eigenvalue weighted by Crippen LogP contribution is -2.43. The van der Waals surface area contributed by atoms with Crippen molar-refractivity contribution in [1.29, 1.82) is 0 Å². The lowest BCUT2D eigenvalue weighted by Gasteiger charge is -2.23. The monoisotopic (exact) mass is 393 g/mol. The number of benzene rings is 2. The molecule has 0 spiro atoms. The van der Waals surface area contributed by atoms with Gasteiger partial charge in [0.15, 0.2) is 0 Å². The zero-order valence-corrected chi connectivity index (χ0v) is 17.1. The van der Waals surface area contributed by atoms with E-state index < -0.39 is 17.5 Å². The third-order valence-corrected chi connectivity index (χ3v) is 5.33. The Morgan fingerprint density at radius 2 is 1.69 bits per heavy atom. The van der Waals surface area contributed by atoms with E-state index in [-0.39, 0.29) is 12.5 Å². The van der Waals surface area contributed by atoms with Gasteiger partial charge in [-0.15, -0.1) is 0 Å². The zero-order valence-electron chi connectivity index (χ0n) is 17.1. The number of aryl methyl sites for hydroxylation is 1. The molecule has 1 fully saturated rings. The van der Waals surface area contributed by atoms with E-state index in [1.807, 2.05) is 54.6 Å². The fourth-order valence-electron chi connectivity index (χ4n) is 3.53. The maximum Gasteiger partial charge on any atom is 0.325 e. The number of amides is 4. The molecule has 2 aromatic rings. The van der Waals surface area contributed by atoms with E-state index in [1.54, 1.807) is 14.0 Å². The van der Waals surface area contributed by atoms with Gasteiger partial charge in [0.2, 0.25) is 5.91 Å². The van der Waals surface area contributed by atoms with Crippen LogP contribution in [0.15, 0.2) is 54.6 Å². The van der Waals surface area contributed by atoms with Gasteiger partial charge in [-0.1, -0.05) is 67.9 Å². The molecular weight excluding hydrogens is 366 g/mol. The SMILES string of the molecule is CCCc1ccc([C@@]2(C)NC(=O)N(CC(=O)N(C)Cc3ccccc3)C2=O)cc1. The maximum absolute atomic E-state index is 13.0. The summed E-state index contributed by atoms with van der Waals surface area (Å²) in [4.78, 5) is 40.7. The van der Waals surface area contributed by atoms with Crippen molar-refractivity contribution in [2.45, 2.75) is 38.8 Å². The second-order valence-corrected chi connectivity index (χ2v) is 7.63. The normalized spacial score (nSPS) is 18.7. The second-order valence-electron chi connectivity index (χ2n) is 7.63. The standard InChI is InChI=1S/C23H27N3O3/c1-4-8-17-11-13-19(14-12-17)23(2)21(28)26(22(29)24-23)16-20(27)25(3)15-18-9-6-5-7-10-18/h5-7,9-14H,4,8,15-16H2,1-3H3,(H,24,29)/t23-/m1/s1. The van der Waals surface area contributed by atoms with Gasteiger partial charge in [0.05, 0.1) is 0 Å². The molecule has 6 nitrogen and oxygen atoms in total. The van der Waals surface area contributed by atoms with Crippen LogP contribution in [0.2, 0.25) is 0 Å². The predicted octanol–water partition coefficient (Wildman–Crippen LogP) is 3.06. The van der Waals surface area contributed by atoms with Crippen molar-refractivity contribution in [2.24, 2.45) is 0 Å². The highest BCUT2D eigenvalue weighted by Crippen LogP contribution is 2.29. The fraction of sp³-hybridized carbons (Fsp3) is 0.348. The number of likely N-dealkylation sites (N-methyl/N-ethyl adjacent to an activating group) is 1. The molecule has 1 saturated heterocycles. The van der Waals surface area contributed by atoms with E-state index in [1.165, 1.54) is 10.5 Å². The van der Waals surface area contributed by atoms with Crippen LogP contribution in [0, 0.1) is 0 Å². The third-order valence-electron chi connectivity index (χ3n) is 5.33. The molecule has 0 saturated carbocycles. The summed E-state index contributed by atoms with van der Waals surface area (Å²) in [6.45, 7) is 3.93. The molecule has 6 heteroatoms. The molecule has 1 aliphatic heterocycles. The summed E-state index contributed by atoms with van der Waals surface area (Å²) >= 11 is 0. The summed E-state index contributed by atoms with van der Waals surface area (Å²) in [7, 11) is 1.67. The van der Waals surface area contributed by atoms with Gasteiger partial charge in [0.1, 0.15) is 12.1 Å².